The molecule has 0 bridgehead atoms. The summed E-state index contributed by atoms with van der Waals surface area (Å²) in [6, 6.07) is 5.10. The Kier molecular flexibility index (Phi) is 3.27. The minimum atomic E-state index is -0.253. The van der Waals surface area contributed by atoms with Crippen molar-refractivity contribution in [1.82, 2.24) is 4.98 Å². The van der Waals surface area contributed by atoms with Gasteiger partial charge in [-0.05, 0) is 31.9 Å². The standard InChI is InChI=1S/C14H17FN2/c1-4-12-9(3)13(16-5-2)10-7-6-8-11(15)14(10)17-12/h6-8H,4-5H2,1-3H3,(H,16,17). The molecule has 2 nitrogen and oxygen atoms in total. The highest BCUT2D eigenvalue weighted by molar-refractivity contribution is 5.93. The number of aromatic nitrogens is 1. The number of rotatable bonds is 3. The highest BCUT2D eigenvalue weighted by Gasteiger charge is 2.12. The van der Waals surface area contributed by atoms with Crippen LogP contribution in [0.15, 0.2) is 18.2 Å². The van der Waals surface area contributed by atoms with Crippen LogP contribution in [-0.4, -0.2) is 11.5 Å². The molecule has 1 aromatic carbocycles. The fraction of sp³-hybridized carbons (Fsp3) is 0.357. The van der Waals surface area contributed by atoms with E-state index >= 15 is 0 Å². The summed E-state index contributed by atoms with van der Waals surface area (Å²) in [5.41, 5.74) is 3.55. The highest BCUT2D eigenvalue weighted by Crippen LogP contribution is 2.29. The lowest BCUT2D eigenvalue weighted by Gasteiger charge is -2.14. The lowest BCUT2D eigenvalue weighted by atomic mass is 10.1. The first-order valence-corrected chi connectivity index (χ1v) is 6.00. The summed E-state index contributed by atoms with van der Waals surface area (Å²) >= 11 is 0. The molecule has 0 radical (unpaired) electrons. The number of halogens is 1. The molecule has 0 saturated carbocycles. The van der Waals surface area contributed by atoms with Crippen molar-refractivity contribution in [2.75, 3.05) is 11.9 Å². The second-order valence-electron chi connectivity index (χ2n) is 4.08. The third-order valence-corrected chi connectivity index (χ3v) is 3.00. The lowest BCUT2D eigenvalue weighted by molar-refractivity contribution is 0.636. The molecule has 17 heavy (non-hydrogen) atoms. The lowest BCUT2D eigenvalue weighted by Crippen LogP contribution is -2.05. The van der Waals surface area contributed by atoms with Crippen molar-refractivity contribution >= 4 is 16.6 Å². The zero-order chi connectivity index (χ0) is 12.4. The van der Waals surface area contributed by atoms with E-state index in [0.717, 1.165) is 35.3 Å². The Balaban J connectivity index is 2.81. The summed E-state index contributed by atoms with van der Waals surface area (Å²) in [4.78, 5) is 4.42. The van der Waals surface area contributed by atoms with E-state index in [1.165, 1.54) is 6.07 Å². The Morgan fingerprint density at radius 3 is 2.71 bits per heavy atom. The molecule has 0 amide bonds. The van der Waals surface area contributed by atoms with Gasteiger partial charge in [0.15, 0.2) is 0 Å². The van der Waals surface area contributed by atoms with Crippen LogP contribution in [0.3, 0.4) is 0 Å². The van der Waals surface area contributed by atoms with Crippen molar-refractivity contribution < 1.29 is 4.39 Å². The van der Waals surface area contributed by atoms with E-state index in [1.54, 1.807) is 6.07 Å². The van der Waals surface area contributed by atoms with Crippen LogP contribution in [-0.2, 0) is 6.42 Å². The number of aryl methyl sites for hydroxylation is 1. The maximum absolute atomic E-state index is 13.8. The number of hydrogen-bond acceptors (Lipinski definition) is 2. The zero-order valence-corrected chi connectivity index (χ0v) is 10.5. The molecule has 0 aliphatic rings. The number of para-hydroxylation sites is 1. The first-order valence-electron chi connectivity index (χ1n) is 6.00. The maximum atomic E-state index is 13.8. The Morgan fingerprint density at radius 1 is 1.29 bits per heavy atom. The van der Waals surface area contributed by atoms with Crippen molar-refractivity contribution in [3.63, 3.8) is 0 Å². The van der Waals surface area contributed by atoms with Crippen LogP contribution in [0.1, 0.15) is 25.1 Å². The minimum Gasteiger partial charge on any atom is -0.385 e. The van der Waals surface area contributed by atoms with Gasteiger partial charge in [0.05, 0.1) is 0 Å². The second-order valence-corrected chi connectivity index (χ2v) is 4.08. The second kappa shape index (κ2) is 4.70. The van der Waals surface area contributed by atoms with Gasteiger partial charge in [-0.15, -0.1) is 0 Å². The largest absolute Gasteiger partial charge is 0.385 e. The third-order valence-electron chi connectivity index (χ3n) is 3.00. The van der Waals surface area contributed by atoms with Crippen molar-refractivity contribution in [1.29, 1.82) is 0 Å². The predicted molar refractivity (Wildman–Crippen MR) is 70.0 cm³/mol. The summed E-state index contributed by atoms with van der Waals surface area (Å²) in [5, 5.41) is 4.18. The average Bonchev–Trinajstić information content (AvgIpc) is 2.33. The molecule has 2 rings (SSSR count). The number of anilines is 1. The van der Waals surface area contributed by atoms with Gasteiger partial charge in [-0.1, -0.05) is 19.1 Å². The molecule has 1 aromatic heterocycles. The van der Waals surface area contributed by atoms with Crippen LogP contribution < -0.4 is 5.32 Å². The predicted octanol–water partition coefficient (Wildman–Crippen LogP) is 3.68. The molecule has 0 aliphatic carbocycles. The van der Waals surface area contributed by atoms with E-state index in [2.05, 4.69) is 10.3 Å². The Labute approximate surface area is 101 Å². The molecule has 2 aromatic rings. The van der Waals surface area contributed by atoms with Gasteiger partial charge >= 0.3 is 0 Å². The molecule has 0 spiro atoms. The molecule has 0 saturated heterocycles. The van der Waals surface area contributed by atoms with Crippen LogP contribution in [0, 0.1) is 12.7 Å². The summed E-state index contributed by atoms with van der Waals surface area (Å²) in [7, 11) is 0. The number of nitrogens with zero attached hydrogens (tertiary/aromatic N) is 1. The van der Waals surface area contributed by atoms with E-state index < -0.39 is 0 Å². The molecule has 0 fully saturated rings. The summed E-state index contributed by atoms with van der Waals surface area (Å²) in [6.45, 7) is 6.93. The molecule has 1 N–H and O–H groups in total. The van der Waals surface area contributed by atoms with Crippen LogP contribution >= 0.6 is 0 Å². The monoisotopic (exact) mass is 232 g/mol. The van der Waals surface area contributed by atoms with Gasteiger partial charge in [0.25, 0.3) is 0 Å². The van der Waals surface area contributed by atoms with Crippen LogP contribution in [0.4, 0.5) is 10.1 Å². The quantitative estimate of drug-likeness (QED) is 0.873. The highest BCUT2D eigenvalue weighted by atomic mass is 19.1. The third kappa shape index (κ3) is 1.97. The Morgan fingerprint density at radius 2 is 2.06 bits per heavy atom. The minimum absolute atomic E-state index is 0.253. The number of fused-ring (bicyclic) bond motifs is 1. The van der Waals surface area contributed by atoms with Crippen molar-refractivity contribution in [2.24, 2.45) is 0 Å². The SMILES string of the molecule is CCNc1c(C)c(CC)nc2c(F)cccc12. The molecule has 0 aliphatic heterocycles. The fourth-order valence-electron chi connectivity index (χ4n) is 2.14. The van der Waals surface area contributed by atoms with E-state index in [-0.39, 0.29) is 5.82 Å². The van der Waals surface area contributed by atoms with Crippen molar-refractivity contribution in [2.45, 2.75) is 27.2 Å². The van der Waals surface area contributed by atoms with E-state index in [1.807, 2.05) is 26.8 Å². The van der Waals surface area contributed by atoms with Gasteiger partial charge in [0.2, 0.25) is 0 Å². The number of pyridine rings is 1. The van der Waals surface area contributed by atoms with Gasteiger partial charge in [-0.3, -0.25) is 0 Å². The molecule has 1 heterocycles. The number of hydrogen-bond donors (Lipinski definition) is 1. The summed E-state index contributed by atoms with van der Waals surface area (Å²) < 4.78 is 13.8. The van der Waals surface area contributed by atoms with Gasteiger partial charge in [0.1, 0.15) is 11.3 Å². The molecule has 90 valence electrons. The smallest absolute Gasteiger partial charge is 0.149 e. The van der Waals surface area contributed by atoms with Gasteiger partial charge in [-0.25, -0.2) is 9.37 Å². The number of nitrogens with one attached hydrogen (secondary N) is 1. The Hall–Kier alpha value is -1.64. The van der Waals surface area contributed by atoms with Crippen molar-refractivity contribution in [3.05, 3.63) is 35.3 Å². The molecule has 0 atom stereocenters. The summed E-state index contributed by atoms with van der Waals surface area (Å²) in [6.07, 6.45) is 0.814. The topological polar surface area (TPSA) is 24.9 Å². The molecule has 0 unspecified atom stereocenters. The van der Waals surface area contributed by atoms with E-state index in [0.29, 0.717) is 5.52 Å². The first kappa shape index (κ1) is 11.8. The molecular weight excluding hydrogens is 215 g/mol. The van der Waals surface area contributed by atoms with Gasteiger partial charge < -0.3 is 5.32 Å². The van der Waals surface area contributed by atoms with Gasteiger partial charge in [-0.2, -0.15) is 0 Å². The number of benzene rings is 1. The average molecular weight is 232 g/mol. The Bertz CT molecular complexity index is 549. The van der Waals surface area contributed by atoms with Crippen LogP contribution in [0.5, 0.6) is 0 Å². The van der Waals surface area contributed by atoms with Crippen LogP contribution in [0.25, 0.3) is 10.9 Å². The molecular formula is C14H17FN2. The van der Waals surface area contributed by atoms with Crippen LogP contribution in [0.2, 0.25) is 0 Å². The normalized spacial score (nSPS) is 10.8. The molecule has 3 heteroatoms. The zero-order valence-electron chi connectivity index (χ0n) is 10.5. The fourth-order valence-corrected chi connectivity index (χ4v) is 2.14. The van der Waals surface area contributed by atoms with Gasteiger partial charge in [0, 0.05) is 23.3 Å². The van der Waals surface area contributed by atoms with E-state index in [9.17, 15) is 4.39 Å². The summed E-state index contributed by atoms with van der Waals surface area (Å²) in [5.74, 6) is -0.253. The first-order chi connectivity index (χ1) is 8.19. The maximum Gasteiger partial charge on any atom is 0.149 e. The van der Waals surface area contributed by atoms with E-state index in [4.69, 9.17) is 0 Å². The van der Waals surface area contributed by atoms with Crippen molar-refractivity contribution in [3.8, 4) is 0 Å².